The molecule has 0 bridgehead atoms. The number of rotatable bonds is 1. The summed E-state index contributed by atoms with van der Waals surface area (Å²) >= 11 is 0. The molecule has 3 nitrogen and oxygen atoms in total. The zero-order chi connectivity index (χ0) is 11.7. The second-order valence-corrected chi connectivity index (χ2v) is 5.70. The van der Waals surface area contributed by atoms with Gasteiger partial charge in [-0.2, -0.15) is 0 Å². The maximum Gasteiger partial charge on any atom is 0.0981 e. The maximum atomic E-state index is 6.03. The van der Waals surface area contributed by atoms with Gasteiger partial charge in [-0.25, -0.2) is 0 Å². The number of hydrogen-bond acceptors (Lipinski definition) is 3. The topological polar surface area (TPSA) is 34.4 Å². The van der Waals surface area contributed by atoms with E-state index in [1.165, 1.54) is 25.7 Å². The molecule has 0 amide bonds. The molecule has 1 saturated heterocycles. The molecule has 2 aliphatic rings. The van der Waals surface area contributed by atoms with Gasteiger partial charge in [-0.3, -0.25) is 0 Å². The van der Waals surface area contributed by atoms with Gasteiger partial charge in [0, 0.05) is 17.6 Å². The lowest BCUT2D eigenvalue weighted by atomic mass is 9.77. The summed E-state index contributed by atoms with van der Waals surface area (Å²) in [5.74, 6) is 0.883. The molecule has 94 valence electrons. The average molecular weight is 235 g/mol. The van der Waals surface area contributed by atoms with Crippen LogP contribution in [0.1, 0.15) is 44.3 Å². The molecule has 0 radical (unpaired) electrons. The Morgan fingerprint density at radius 1 is 1.35 bits per heavy atom. The summed E-state index contributed by atoms with van der Waals surface area (Å²) < 4.78 is 11.1. The first-order valence-corrected chi connectivity index (χ1v) is 6.66. The van der Waals surface area contributed by atoms with E-state index in [2.05, 4.69) is 12.2 Å². The van der Waals surface area contributed by atoms with Crippen LogP contribution in [0, 0.1) is 5.92 Å². The highest BCUT2D eigenvalue weighted by molar-refractivity contribution is 5.12. The zero-order valence-electron chi connectivity index (χ0n) is 10.4. The van der Waals surface area contributed by atoms with Crippen LogP contribution in [0.3, 0.4) is 0 Å². The molecular weight excluding hydrogens is 214 g/mol. The van der Waals surface area contributed by atoms with Crippen molar-refractivity contribution in [2.75, 3.05) is 13.2 Å². The molecule has 1 aromatic rings. The van der Waals surface area contributed by atoms with E-state index < -0.39 is 0 Å². The van der Waals surface area contributed by atoms with E-state index in [0.717, 1.165) is 24.6 Å². The number of ether oxygens (including phenoxy) is 1. The molecule has 1 unspecified atom stereocenters. The predicted molar refractivity (Wildman–Crippen MR) is 65.8 cm³/mol. The van der Waals surface area contributed by atoms with Crippen molar-refractivity contribution in [1.29, 1.82) is 0 Å². The lowest BCUT2D eigenvalue weighted by molar-refractivity contribution is -0.0506. The van der Waals surface area contributed by atoms with Gasteiger partial charge in [0.25, 0.3) is 0 Å². The van der Waals surface area contributed by atoms with Crippen LogP contribution in [0.4, 0.5) is 0 Å². The second-order valence-electron chi connectivity index (χ2n) is 5.70. The number of nitrogens with one attached hydrogen (secondary N) is 1. The summed E-state index contributed by atoms with van der Waals surface area (Å²) in [6, 6.07) is 1.99. The molecule has 1 aromatic heterocycles. The van der Waals surface area contributed by atoms with E-state index in [1.807, 2.05) is 6.07 Å². The molecule has 1 N–H and O–H groups in total. The Hall–Kier alpha value is -0.800. The SMILES string of the molecule is CC1CCC2(CC1)COC(c1ccoc1)CN2. The number of furan rings is 1. The highest BCUT2D eigenvalue weighted by Crippen LogP contribution is 2.36. The minimum atomic E-state index is 0.165. The molecule has 0 aromatic carbocycles. The quantitative estimate of drug-likeness (QED) is 0.812. The number of hydrogen-bond donors (Lipinski definition) is 1. The summed E-state index contributed by atoms with van der Waals surface area (Å²) in [6.45, 7) is 4.11. The first kappa shape index (κ1) is 11.3. The zero-order valence-corrected chi connectivity index (χ0v) is 10.4. The molecule has 3 heteroatoms. The van der Waals surface area contributed by atoms with Crippen LogP contribution in [-0.2, 0) is 4.74 Å². The van der Waals surface area contributed by atoms with Crippen LogP contribution in [-0.4, -0.2) is 18.7 Å². The third kappa shape index (κ3) is 2.26. The van der Waals surface area contributed by atoms with Crippen LogP contribution in [0.5, 0.6) is 0 Å². The van der Waals surface area contributed by atoms with Gasteiger partial charge in [0.05, 0.1) is 25.2 Å². The van der Waals surface area contributed by atoms with E-state index in [4.69, 9.17) is 9.15 Å². The Labute approximate surface area is 103 Å². The van der Waals surface area contributed by atoms with Crippen LogP contribution in [0.15, 0.2) is 23.0 Å². The molecule has 17 heavy (non-hydrogen) atoms. The average Bonchev–Trinajstić information content (AvgIpc) is 2.88. The van der Waals surface area contributed by atoms with Gasteiger partial charge in [0.2, 0.25) is 0 Å². The Bertz CT molecular complexity index is 342. The lowest BCUT2D eigenvalue weighted by Crippen LogP contribution is -2.56. The summed E-state index contributed by atoms with van der Waals surface area (Å²) in [5, 5.41) is 3.73. The molecule has 2 heterocycles. The van der Waals surface area contributed by atoms with Crippen molar-refractivity contribution in [2.24, 2.45) is 5.92 Å². The second kappa shape index (κ2) is 4.46. The largest absolute Gasteiger partial charge is 0.472 e. The van der Waals surface area contributed by atoms with E-state index in [0.29, 0.717) is 0 Å². The third-order valence-electron chi connectivity index (χ3n) is 4.37. The van der Waals surface area contributed by atoms with Crippen molar-refractivity contribution in [3.63, 3.8) is 0 Å². The smallest absolute Gasteiger partial charge is 0.0981 e. The maximum absolute atomic E-state index is 6.03. The Morgan fingerprint density at radius 3 is 2.76 bits per heavy atom. The van der Waals surface area contributed by atoms with Gasteiger partial charge >= 0.3 is 0 Å². The van der Waals surface area contributed by atoms with Gasteiger partial charge in [-0.1, -0.05) is 6.92 Å². The highest BCUT2D eigenvalue weighted by atomic mass is 16.5. The first-order valence-electron chi connectivity index (χ1n) is 6.66. The minimum absolute atomic E-state index is 0.165. The molecule has 3 rings (SSSR count). The number of morpholine rings is 1. The molecule has 1 aliphatic carbocycles. The van der Waals surface area contributed by atoms with Gasteiger partial charge in [0.15, 0.2) is 0 Å². The van der Waals surface area contributed by atoms with Crippen LogP contribution in [0.25, 0.3) is 0 Å². The predicted octanol–water partition coefficient (Wildman–Crippen LogP) is 2.89. The fourth-order valence-corrected chi connectivity index (χ4v) is 2.99. The summed E-state index contributed by atoms with van der Waals surface area (Å²) in [6.07, 6.45) is 8.83. The molecule has 1 spiro atoms. The van der Waals surface area contributed by atoms with Crippen molar-refractivity contribution in [1.82, 2.24) is 5.32 Å². The van der Waals surface area contributed by atoms with Gasteiger partial charge in [-0.15, -0.1) is 0 Å². The van der Waals surface area contributed by atoms with E-state index >= 15 is 0 Å². The normalized spacial score (nSPS) is 38.4. The fraction of sp³-hybridized carbons (Fsp3) is 0.714. The van der Waals surface area contributed by atoms with Crippen molar-refractivity contribution < 1.29 is 9.15 Å². The molecule has 2 fully saturated rings. The van der Waals surface area contributed by atoms with Crippen molar-refractivity contribution in [2.45, 2.75) is 44.2 Å². The summed E-state index contributed by atoms with van der Waals surface area (Å²) in [7, 11) is 0. The minimum Gasteiger partial charge on any atom is -0.472 e. The van der Waals surface area contributed by atoms with E-state index in [-0.39, 0.29) is 11.6 Å². The highest BCUT2D eigenvalue weighted by Gasteiger charge is 2.38. The fourth-order valence-electron chi connectivity index (χ4n) is 2.99. The van der Waals surface area contributed by atoms with Crippen molar-refractivity contribution in [3.8, 4) is 0 Å². The molecule has 1 saturated carbocycles. The Kier molecular flexibility index (Phi) is 2.97. The van der Waals surface area contributed by atoms with Gasteiger partial charge in [0.1, 0.15) is 0 Å². The standard InChI is InChI=1S/C14H21NO2/c1-11-2-5-14(6-3-11)10-17-13(8-15-14)12-4-7-16-9-12/h4,7,9,11,13,15H,2-3,5-6,8,10H2,1H3. The third-order valence-corrected chi connectivity index (χ3v) is 4.37. The van der Waals surface area contributed by atoms with E-state index in [9.17, 15) is 0 Å². The monoisotopic (exact) mass is 235 g/mol. The van der Waals surface area contributed by atoms with Crippen molar-refractivity contribution >= 4 is 0 Å². The van der Waals surface area contributed by atoms with Crippen LogP contribution in [0.2, 0.25) is 0 Å². The van der Waals surface area contributed by atoms with Crippen LogP contribution < -0.4 is 5.32 Å². The lowest BCUT2D eigenvalue weighted by Gasteiger charge is -2.45. The van der Waals surface area contributed by atoms with E-state index in [1.54, 1.807) is 12.5 Å². The molecule has 1 atom stereocenters. The first-order chi connectivity index (χ1) is 8.27. The molecule has 1 aliphatic heterocycles. The van der Waals surface area contributed by atoms with Crippen molar-refractivity contribution in [3.05, 3.63) is 24.2 Å². The van der Waals surface area contributed by atoms with Crippen LogP contribution >= 0.6 is 0 Å². The molecular formula is C14H21NO2. The van der Waals surface area contributed by atoms with Gasteiger partial charge in [-0.05, 0) is 37.7 Å². The Balaban J connectivity index is 1.60. The summed E-state index contributed by atoms with van der Waals surface area (Å²) in [5.41, 5.74) is 1.41. The Morgan fingerprint density at radius 2 is 2.18 bits per heavy atom. The summed E-state index contributed by atoms with van der Waals surface area (Å²) in [4.78, 5) is 0. The van der Waals surface area contributed by atoms with Gasteiger partial charge < -0.3 is 14.5 Å².